The molecule has 0 aromatic carbocycles. The van der Waals surface area contributed by atoms with Gasteiger partial charge in [-0.25, -0.2) is 0 Å². The SMILES string of the molecule is CC1=C(/C=C/C(C)=C\C=C\C(C)=C\CC(=O)[C@H](O)[C@@H](O)[C@H](O)[C@H](O)CO)C(C)(C)CCC1. The van der Waals surface area contributed by atoms with E-state index in [4.69, 9.17) is 5.11 Å². The third-order valence-electron chi connectivity index (χ3n) is 5.98. The number of aliphatic hydroxyl groups is 5. The van der Waals surface area contributed by atoms with E-state index in [1.54, 1.807) is 6.08 Å². The monoisotopic (exact) mass is 448 g/mol. The zero-order valence-electron chi connectivity index (χ0n) is 20.0. The Hall–Kier alpha value is -1.83. The molecule has 32 heavy (non-hydrogen) atoms. The van der Waals surface area contributed by atoms with E-state index >= 15 is 0 Å². The van der Waals surface area contributed by atoms with Crippen molar-refractivity contribution in [1.29, 1.82) is 0 Å². The molecule has 1 aliphatic rings. The molecular weight excluding hydrogens is 408 g/mol. The first kappa shape index (κ1) is 28.2. The van der Waals surface area contributed by atoms with E-state index in [9.17, 15) is 25.2 Å². The maximum absolute atomic E-state index is 12.0. The van der Waals surface area contributed by atoms with E-state index in [1.807, 2.05) is 32.1 Å². The third-order valence-corrected chi connectivity index (χ3v) is 5.98. The Morgan fingerprint density at radius 1 is 1.06 bits per heavy atom. The molecule has 0 fully saturated rings. The van der Waals surface area contributed by atoms with Crippen LogP contribution in [0.15, 0.2) is 58.7 Å². The molecular formula is C26H40O6. The third kappa shape index (κ3) is 8.60. The van der Waals surface area contributed by atoms with Crippen LogP contribution in [0.5, 0.6) is 0 Å². The van der Waals surface area contributed by atoms with Crippen molar-refractivity contribution in [3.63, 3.8) is 0 Å². The molecule has 0 saturated carbocycles. The molecule has 0 aromatic heterocycles. The van der Waals surface area contributed by atoms with Gasteiger partial charge in [0.1, 0.15) is 24.4 Å². The smallest absolute Gasteiger partial charge is 0.167 e. The van der Waals surface area contributed by atoms with Crippen LogP contribution in [-0.4, -0.2) is 62.3 Å². The summed E-state index contributed by atoms with van der Waals surface area (Å²) in [5.74, 6) is -0.692. The van der Waals surface area contributed by atoms with Gasteiger partial charge in [0.15, 0.2) is 5.78 Å². The zero-order valence-corrected chi connectivity index (χ0v) is 20.0. The van der Waals surface area contributed by atoms with Crippen molar-refractivity contribution in [3.05, 3.63) is 58.7 Å². The molecule has 0 heterocycles. The number of rotatable bonds is 11. The van der Waals surface area contributed by atoms with Gasteiger partial charge in [-0.1, -0.05) is 67.0 Å². The summed E-state index contributed by atoms with van der Waals surface area (Å²) in [4.78, 5) is 12.0. The molecule has 0 saturated heterocycles. The first-order valence-corrected chi connectivity index (χ1v) is 11.2. The minimum atomic E-state index is -1.88. The number of carbonyl (C=O) groups is 1. The summed E-state index contributed by atoms with van der Waals surface area (Å²) >= 11 is 0. The predicted octanol–water partition coefficient (Wildman–Crippen LogP) is 2.91. The van der Waals surface area contributed by atoms with Crippen LogP contribution in [0.2, 0.25) is 0 Å². The highest BCUT2D eigenvalue weighted by molar-refractivity contribution is 5.84. The number of Topliss-reactive ketones (excluding diaryl/α,β-unsaturated/α-hetero) is 1. The number of aliphatic hydroxyl groups excluding tert-OH is 5. The minimum Gasteiger partial charge on any atom is -0.394 e. The van der Waals surface area contributed by atoms with Crippen molar-refractivity contribution in [2.75, 3.05) is 6.61 Å². The van der Waals surface area contributed by atoms with E-state index in [2.05, 4.69) is 32.9 Å². The van der Waals surface area contributed by atoms with Gasteiger partial charge in [-0.05, 0) is 51.0 Å². The number of carbonyl (C=O) groups excluding carboxylic acids is 1. The fourth-order valence-corrected chi connectivity index (χ4v) is 3.80. The van der Waals surface area contributed by atoms with E-state index < -0.39 is 36.8 Å². The van der Waals surface area contributed by atoms with E-state index in [1.165, 1.54) is 24.0 Å². The second-order valence-electron chi connectivity index (χ2n) is 9.33. The highest BCUT2D eigenvalue weighted by Gasteiger charge is 2.33. The van der Waals surface area contributed by atoms with Crippen LogP contribution >= 0.6 is 0 Å². The Balaban J connectivity index is 2.67. The highest BCUT2D eigenvalue weighted by atomic mass is 16.4. The molecule has 6 nitrogen and oxygen atoms in total. The molecule has 4 atom stereocenters. The Morgan fingerprint density at radius 2 is 1.72 bits per heavy atom. The number of hydrogen-bond donors (Lipinski definition) is 5. The van der Waals surface area contributed by atoms with Gasteiger partial charge in [0.2, 0.25) is 0 Å². The Morgan fingerprint density at radius 3 is 2.31 bits per heavy atom. The molecule has 0 bridgehead atoms. The van der Waals surface area contributed by atoms with Gasteiger partial charge in [0.05, 0.1) is 6.61 Å². The average molecular weight is 449 g/mol. The summed E-state index contributed by atoms with van der Waals surface area (Å²) in [5.41, 5.74) is 4.96. The van der Waals surface area contributed by atoms with Crippen LogP contribution in [-0.2, 0) is 4.79 Å². The summed E-state index contributed by atoms with van der Waals surface area (Å²) in [6, 6.07) is 0. The summed E-state index contributed by atoms with van der Waals surface area (Å²) in [7, 11) is 0. The summed E-state index contributed by atoms with van der Waals surface area (Å²) in [6.07, 6.45) is 7.91. The maximum atomic E-state index is 12.0. The Kier molecular flexibility index (Phi) is 11.5. The van der Waals surface area contributed by atoms with Gasteiger partial charge in [0, 0.05) is 6.42 Å². The molecule has 1 aliphatic carbocycles. The van der Waals surface area contributed by atoms with Crippen molar-refractivity contribution < 1.29 is 30.3 Å². The van der Waals surface area contributed by atoms with Crippen LogP contribution in [0, 0.1) is 5.41 Å². The zero-order chi connectivity index (χ0) is 24.5. The topological polar surface area (TPSA) is 118 Å². The summed E-state index contributed by atoms with van der Waals surface area (Å²) in [6.45, 7) is 9.83. The average Bonchev–Trinajstić information content (AvgIpc) is 2.74. The maximum Gasteiger partial charge on any atom is 0.167 e. The number of allylic oxidation sites excluding steroid dienone is 10. The Labute approximate surface area is 192 Å². The quantitative estimate of drug-likeness (QED) is 0.310. The highest BCUT2D eigenvalue weighted by Crippen LogP contribution is 2.40. The van der Waals surface area contributed by atoms with Gasteiger partial charge in [-0.15, -0.1) is 0 Å². The minimum absolute atomic E-state index is 0.137. The first-order chi connectivity index (χ1) is 14.9. The molecule has 180 valence electrons. The lowest BCUT2D eigenvalue weighted by Crippen LogP contribution is -2.48. The number of hydrogen-bond acceptors (Lipinski definition) is 6. The standard InChI is InChI=1S/C26H40O6/c1-17(11-13-20-19(3)10-7-15-26(20,4)5)8-6-9-18(2)12-14-21(28)23(30)25(32)24(31)22(29)16-27/h6,8-9,11-13,22-25,27,29-32H,7,10,14-16H2,1-5H3/b9-6+,13-11+,17-8-,18-12+/t22-,23+,24-,25-/m1/s1. The van der Waals surface area contributed by atoms with Crippen LogP contribution in [0.25, 0.3) is 0 Å². The van der Waals surface area contributed by atoms with E-state index in [0.29, 0.717) is 0 Å². The molecule has 0 amide bonds. The normalized spacial score (nSPS) is 21.8. The van der Waals surface area contributed by atoms with Gasteiger partial charge in [0.25, 0.3) is 0 Å². The molecule has 0 unspecified atom stereocenters. The van der Waals surface area contributed by atoms with Gasteiger partial charge in [-0.2, -0.15) is 0 Å². The van der Waals surface area contributed by atoms with Crippen molar-refractivity contribution in [2.45, 2.75) is 84.7 Å². The molecule has 0 aliphatic heterocycles. The second kappa shape index (κ2) is 13.0. The van der Waals surface area contributed by atoms with Gasteiger partial charge < -0.3 is 25.5 Å². The van der Waals surface area contributed by atoms with E-state index in [0.717, 1.165) is 17.6 Å². The second-order valence-corrected chi connectivity index (χ2v) is 9.33. The predicted molar refractivity (Wildman–Crippen MR) is 127 cm³/mol. The largest absolute Gasteiger partial charge is 0.394 e. The molecule has 0 aromatic rings. The summed E-state index contributed by atoms with van der Waals surface area (Å²) < 4.78 is 0. The van der Waals surface area contributed by atoms with Gasteiger partial charge >= 0.3 is 0 Å². The van der Waals surface area contributed by atoms with Crippen molar-refractivity contribution >= 4 is 5.78 Å². The van der Waals surface area contributed by atoms with E-state index in [-0.39, 0.29) is 11.8 Å². The van der Waals surface area contributed by atoms with Crippen molar-refractivity contribution in [1.82, 2.24) is 0 Å². The molecule has 0 radical (unpaired) electrons. The molecule has 1 rings (SSSR count). The molecule has 6 heteroatoms. The molecule has 5 N–H and O–H groups in total. The van der Waals surface area contributed by atoms with Crippen LogP contribution in [0.1, 0.15) is 60.3 Å². The van der Waals surface area contributed by atoms with Crippen molar-refractivity contribution in [3.8, 4) is 0 Å². The lowest BCUT2D eigenvalue weighted by atomic mass is 9.72. The first-order valence-electron chi connectivity index (χ1n) is 11.2. The fourth-order valence-electron chi connectivity index (χ4n) is 3.80. The van der Waals surface area contributed by atoms with Crippen LogP contribution in [0.4, 0.5) is 0 Å². The molecule has 0 spiro atoms. The van der Waals surface area contributed by atoms with Gasteiger partial charge in [-0.3, -0.25) is 4.79 Å². The summed E-state index contributed by atoms with van der Waals surface area (Å²) in [5, 5.41) is 47.4. The lowest BCUT2D eigenvalue weighted by Gasteiger charge is -2.32. The Bertz CT molecular complexity index is 784. The fraction of sp³-hybridized carbons (Fsp3) is 0.577. The van der Waals surface area contributed by atoms with Crippen molar-refractivity contribution in [2.24, 2.45) is 5.41 Å². The van der Waals surface area contributed by atoms with Crippen LogP contribution < -0.4 is 0 Å². The number of ketones is 1. The van der Waals surface area contributed by atoms with Crippen LogP contribution in [0.3, 0.4) is 0 Å². The lowest BCUT2D eigenvalue weighted by molar-refractivity contribution is -0.146.